The molecule has 0 aliphatic heterocycles. The molecule has 0 saturated carbocycles. The van der Waals surface area contributed by atoms with Gasteiger partial charge < -0.3 is 5.32 Å². The van der Waals surface area contributed by atoms with Crippen LogP contribution in [0.1, 0.15) is 13.3 Å². The number of halogens is 2. The molecule has 1 aromatic heterocycles. The molecule has 0 atom stereocenters. The number of amides is 1. The maximum absolute atomic E-state index is 11.2. The lowest BCUT2D eigenvalue weighted by atomic mass is 10.2. The Hall–Kier alpha value is -1.17. The monoisotopic (exact) mass is 301 g/mol. The quantitative estimate of drug-likeness (QED) is 0.936. The second kappa shape index (κ2) is 5.65. The van der Waals surface area contributed by atoms with Crippen LogP contribution in [0.15, 0.2) is 18.2 Å². The minimum atomic E-state index is -0.0973. The molecule has 0 unspecified atom stereocenters. The summed E-state index contributed by atoms with van der Waals surface area (Å²) in [6.07, 6.45) is 0.399. The number of nitrogens with one attached hydrogen (secondary N) is 1. The zero-order chi connectivity index (χ0) is 13.1. The van der Waals surface area contributed by atoms with Crippen molar-refractivity contribution in [2.75, 3.05) is 5.32 Å². The van der Waals surface area contributed by atoms with Crippen molar-refractivity contribution >= 4 is 45.6 Å². The molecule has 0 fully saturated rings. The highest BCUT2D eigenvalue weighted by Crippen LogP contribution is 2.33. The van der Waals surface area contributed by atoms with Crippen LogP contribution < -0.4 is 5.32 Å². The minimum absolute atomic E-state index is 0.0973. The van der Waals surface area contributed by atoms with E-state index in [9.17, 15) is 4.79 Å². The fourth-order valence-electron chi connectivity index (χ4n) is 1.25. The summed E-state index contributed by atoms with van der Waals surface area (Å²) >= 11 is 13.2. The van der Waals surface area contributed by atoms with E-state index in [1.807, 2.05) is 0 Å². The van der Waals surface area contributed by atoms with Crippen LogP contribution in [0.3, 0.4) is 0 Å². The third kappa shape index (κ3) is 2.98. The Morgan fingerprint density at radius 2 is 2.17 bits per heavy atom. The first-order valence-electron chi connectivity index (χ1n) is 5.19. The maximum Gasteiger partial charge on any atom is 0.225 e. The van der Waals surface area contributed by atoms with E-state index in [4.69, 9.17) is 23.2 Å². The number of nitrogens with zero attached hydrogens (tertiary/aromatic N) is 2. The lowest BCUT2D eigenvalue weighted by Crippen LogP contribution is -2.08. The van der Waals surface area contributed by atoms with Gasteiger partial charge in [-0.2, -0.15) is 0 Å². The van der Waals surface area contributed by atoms with Gasteiger partial charge in [-0.05, 0) is 18.2 Å². The van der Waals surface area contributed by atoms with Gasteiger partial charge in [-0.1, -0.05) is 41.5 Å². The summed E-state index contributed by atoms with van der Waals surface area (Å²) in [4.78, 5) is 11.2. The Labute approximate surface area is 118 Å². The number of carbonyl (C=O) groups excluding carboxylic acids is 1. The standard InChI is InChI=1S/C11H9Cl2N3OS/c1-2-9(17)14-11-16-15-10(18-11)7-4-3-6(12)5-8(7)13/h3-5H,2H2,1H3,(H,14,16,17). The van der Waals surface area contributed by atoms with Gasteiger partial charge in [0.15, 0.2) is 5.01 Å². The number of hydrogen-bond acceptors (Lipinski definition) is 4. The molecule has 1 N–H and O–H groups in total. The van der Waals surface area contributed by atoms with Crippen LogP contribution in [0.4, 0.5) is 5.13 Å². The number of carbonyl (C=O) groups is 1. The van der Waals surface area contributed by atoms with E-state index in [0.29, 0.717) is 26.6 Å². The Morgan fingerprint density at radius 3 is 2.83 bits per heavy atom. The van der Waals surface area contributed by atoms with Crippen molar-refractivity contribution in [2.24, 2.45) is 0 Å². The average molecular weight is 302 g/mol. The molecule has 18 heavy (non-hydrogen) atoms. The van der Waals surface area contributed by atoms with Gasteiger partial charge in [-0.3, -0.25) is 4.79 Å². The van der Waals surface area contributed by atoms with Crippen molar-refractivity contribution in [3.63, 3.8) is 0 Å². The Kier molecular flexibility index (Phi) is 4.16. The van der Waals surface area contributed by atoms with Crippen molar-refractivity contribution in [2.45, 2.75) is 13.3 Å². The van der Waals surface area contributed by atoms with Gasteiger partial charge in [0, 0.05) is 17.0 Å². The summed E-state index contributed by atoms with van der Waals surface area (Å²) in [6, 6.07) is 5.15. The van der Waals surface area contributed by atoms with Crippen LogP contribution in [-0.4, -0.2) is 16.1 Å². The van der Waals surface area contributed by atoms with Crippen molar-refractivity contribution in [1.29, 1.82) is 0 Å². The number of rotatable bonds is 3. The predicted octanol–water partition coefficient (Wildman–Crippen LogP) is 3.86. The van der Waals surface area contributed by atoms with Crippen LogP contribution in [0.25, 0.3) is 10.6 Å². The van der Waals surface area contributed by atoms with E-state index in [2.05, 4.69) is 15.5 Å². The van der Waals surface area contributed by atoms with Gasteiger partial charge in [-0.25, -0.2) is 0 Å². The van der Waals surface area contributed by atoms with E-state index < -0.39 is 0 Å². The van der Waals surface area contributed by atoms with Gasteiger partial charge in [0.05, 0.1) is 5.02 Å². The minimum Gasteiger partial charge on any atom is -0.301 e. The zero-order valence-corrected chi connectivity index (χ0v) is 11.7. The second-order valence-corrected chi connectivity index (χ2v) is 5.26. The summed E-state index contributed by atoms with van der Waals surface area (Å²) < 4.78 is 0. The molecule has 0 aliphatic rings. The number of benzene rings is 1. The molecule has 1 amide bonds. The molecule has 2 rings (SSSR count). The van der Waals surface area contributed by atoms with Gasteiger partial charge in [-0.15, -0.1) is 10.2 Å². The van der Waals surface area contributed by atoms with Crippen molar-refractivity contribution in [3.8, 4) is 10.6 Å². The first-order chi connectivity index (χ1) is 8.60. The zero-order valence-electron chi connectivity index (χ0n) is 9.41. The third-order valence-corrected chi connectivity index (χ3v) is 3.57. The molecule has 0 aliphatic carbocycles. The van der Waals surface area contributed by atoms with E-state index >= 15 is 0 Å². The van der Waals surface area contributed by atoms with E-state index in [-0.39, 0.29) is 5.91 Å². The molecule has 2 aromatic rings. The molecule has 1 heterocycles. The van der Waals surface area contributed by atoms with E-state index in [0.717, 1.165) is 5.56 Å². The molecule has 1 aromatic carbocycles. The summed E-state index contributed by atoms with van der Waals surface area (Å²) in [6.45, 7) is 1.77. The van der Waals surface area contributed by atoms with Crippen LogP contribution in [0.5, 0.6) is 0 Å². The first kappa shape index (κ1) is 13.3. The summed E-state index contributed by atoms with van der Waals surface area (Å²) in [5, 5.41) is 12.7. The maximum atomic E-state index is 11.2. The van der Waals surface area contributed by atoms with Crippen LogP contribution in [0.2, 0.25) is 10.0 Å². The largest absolute Gasteiger partial charge is 0.301 e. The Bertz CT molecular complexity index is 585. The second-order valence-electron chi connectivity index (χ2n) is 3.44. The van der Waals surface area contributed by atoms with E-state index in [1.165, 1.54) is 11.3 Å². The third-order valence-electron chi connectivity index (χ3n) is 2.15. The number of aromatic nitrogens is 2. The molecule has 4 nitrogen and oxygen atoms in total. The SMILES string of the molecule is CCC(=O)Nc1nnc(-c2ccc(Cl)cc2Cl)s1. The van der Waals surface area contributed by atoms with Gasteiger partial charge >= 0.3 is 0 Å². The highest BCUT2D eigenvalue weighted by molar-refractivity contribution is 7.18. The smallest absolute Gasteiger partial charge is 0.225 e. The number of hydrogen-bond donors (Lipinski definition) is 1. The number of anilines is 1. The molecular weight excluding hydrogens is 293 g/mol. The Morgan fingerprint density at radius 1 is 1.39 bits per heavy atom. The van der Waals surface area contributed by atoms with Crippen LogP contribution >= 0.6 is 34.5 Å². The van der Waals surface area contributed by atoms with Crippen molar-refractivity contribution in [3.05, 3.63) is 28.2 Å². The van der Waals surface area contributed by atoms with Crippen LogP contribution in [0, 0.1) is 0 Å². The van der Waals surface area contributed by atoms with Gasteiger partial charge in [0.2, 0.25) is 11.0 Å². The molecule has 7 heteroatoms. The van der Waals surface area contributed by atoms with E-state index in [1.54, 1.807) is 25.1 Å². The highest BCUT2D eigenvalue weighted by atomic mass is 35.5. The topological polar surface area (TPSA) is 54.9 Å². The summed E-state index contributed by atoms with van der Waals surface area (Å²) in [5.41, 5.74) is 0.746. The van der Waals surface area contributed by atoms with Crippen LogP contribution in [-0.2, 0) is 4.79 Å². The lowest BCUT2D eigenvalue weighted by molar-refractivity contribution is -0.115. The predicted molar refractivity (Wildman–Crippen MR) is 74.3 cm³/mol. The summed E-state index contributed by atoms with van der Waals surface area (Å²) in [5.74, 6) is -0.0973. The van der Waals surface area contributed by atoms with Crippen molar-refractivity contribution < 1.29 is 4.79 Å². The van der Waals surface area contributed by atoms with Gasteiger partial charge in [0.1, 0.15) is 0 Å². The van der Waals surface area contributed by atoms with Gasteiger partial charge in [0.25, 0.3) is 0 Å². The summed E-state index contributed by atoms with van der Waals surface area (Å²) in [7, 11) is 0. The normalized spacial score (nSPS) is 10.4. The Balaban J connectivity index is 2.26. The lowest BCUT2D eigenvalue weighted by Gasteiger charge is -1.99. The van der Waals surface area contributed by atoms with Crippen molar-refractivity contribution in [1.82, 2.24) is 10.2 Å². The fraction of sp³-hybridized carbons (Fsp3) is 0.182. The molecule has 94 valence electrons. The highest BCUT2D eigenvalue weighted by Gasteiger charge is 2.11. The average Bonchev–Trinajstić information content (AvgIpc) is 2.77. The molecule has 0 radical (unpaired) electrons. The molecule has 0 bridgehead atoms. The first-order valence-corrected chi connectivity index (χ1v) is 6.76. The molecule has 0 spiro atoms. The molecule has 0 saturated heterocycles. The fourth-order valence-corrected chi connectivity index (χ4v) is 2.61. The molecular formula is C11H9Cl2N3OS.